The van der Waals surface area contributed by atoms with Gasteiger partial charge in [0, 0.05) is 20.4 Å². The van der Waals surface area contributed by atoms with Crippen LogP contribution < -0.4 is 5.32 Å². The number of hydrogen-bond donors (Lipinski definition) is 1. The highest BCUT2D eigenvalue weighted by atomic mass is 79.9. The number of nitro groups is 1. The fraction of sp³-hybridized carbons (Fsp3) is 0.167. The van der Waals surface area contributed by atoms with Crippen LogP contribution in [0.4, 0.5) is 11.4 Å². The Balaban J connectivity index is 2.29. The summed E-state index contributed by atoms with van der Waals surface area (Å²) >= 11 is 10.8. The molecule has 0 aliphatic rings. The summed E-state index contributed by atoms with van der Waals surface area (Å²) in [6.07, 6.45) is 0. The maximum absolute atomic E-state index is 11.0. The third kappa shape index (κ3) is 3.26. The van der Waals surface area contributed by atoms with Gasteiger partial charge >= 0.3 is 0 Å². The first-order valence-electron chi connectivity index (χ1n) is 5.42. The predicted molar refractivity (Wildman–Crippen MR) is 82.2 cm³/mol. The number of benzene rings is 1. The molecule has 1 N–H and O–H groups in total. The number of halogens is 2. The number of thiophene rings is 1. The molecule has 0 fully saturated rings. The molecule has 0 saturated carbocycles. The normalized spacial score (nSPS) is 12.2. The van der Waals surface area contributed by atoms with Gasteiger partial charge in [0.2, 0.25) is 0 Å². The predicted octanol–water partition coefficient (Wildman–Crippen LogP) is 5.25. The molecule has 2 rings (SSSR count). The summed E-state index contributed by atoms with van der Waals surface area (Å²) in [6, 6.07) is 6.52. The lowest BCUT2D eigenvalue weighted by molar-refractivity contribution is -0.384. The zero-order chi connectivity index (χ0) is 14.0. The van der Waals surface area contributed by atoms with Gasteiger partial charge in [-0.25, -0.2) is 0 Å². The molecule has 0 saturated heterocycles. The monoisotopic (exact) mass is 360 g/mol. The van der Waals surface area contributed by atoms with E-state index < -0.39 is 4.92 Å². The highest BCUT2D eigenvalue weighted by molar-refractivity contribution is 9.10. The van der Waals surface area contributed by atoms with Gasteiger partial charge in [-0.3, -0.25) is 10.1 Å². The van der Waals surface area contributed by atoms with E-state index in [0.29, 0.717) is 10.7 Å². The van der Waals surface area contributed by atoms with Crippen molar-refractivity contribution in [1.29, 1.82) is 0 Å². The summed E-state index contributed by atoms with van der Waals surface area (Å²) < 4.78 is 0.995. The van der Waals surface area contributed by atoms with E-state index in [1.54, 1.807) is 23.5 Å². The van der Waals surface area contributed by atoms with Crippen LogP contribution in [-0.2, 0) is 0 Å². The van der Waals surface area contributed by atoms with E-state index in [4.69, 9.17) is 11.6 Å². The quantitative estimate of drug-likeness (QED) is 0.598. The van der Waals surface area contributed by atoms with Crippen molar-refractivity contribution >= 4 is 50.2 Å². The fourth-order valence-electron chi connectivity index (χ4n) is 1.69. The number of nitro benzene ring substituents is 1. The van der Waals surface area contributed by atoms with Crippen molar-refractivity contribution in [2.45, 2.75) is 13.0 Å². The van der Waals surface area contributed by atoms with E-state index in [0.717, 1.165) is 9.35 Å². The van der Waals surface area contributed by atoms with Crippen LogP contribution in [-0.4, -0.2) is 4.92 Å². The van der Waals surface area contributed by atoms with Crippen LogP contribution in [0.25, 0.3) is 0 Å². The minimum atomic E-state index is -0.440. The molecule has 0 spiro atoms. The van der Waals surface area contributed by atoms with E-state index in [1.165, 1.54) is 6.07 Å². The molecule has 19 heavy (non-hydrogen) atoms. The molecule has 0 aliphatic carbocycles. The zero-order valence-electron chi connectivity index (χ0n) is 9.89. The lowest BCUT2D eigenvalue weighted by Gasteiger charge is -2.14. The second-order valence-corrected chi connectivity index (χ2v) is 6.16. The smallest absolute Gasteiger partial charge is 0.293 e. The van der Waals surface area contributed by atoms with Gasteiger partial charge in [-0.2, -0.15) is 0 Å². The van der Waals surface area contributed by atoms with E-state index in [9.17, 15) is 10.1 Å². The molecular weight excluding hydrogens is 352 g/mol. The molecule has 0 bridgehead atoms. The van der Waals surface area contributed by atoms with E-state index >= 15 is 0 Å². The van der Waals surface area contributed by atoms with Gasteiger partial charge in [-0.1, -0.05) is 11.6 Å². The molecule has 100 valence electrons. The third-order valence-corrected chi connectivity index (χ3v) is 4.86. The SMILES string of the molecule is CC(Nc1ccc(Cl)cc1[N+](=O)[O-])c1sccc1Br. The molecule has 1 heterocycles. The van der Waals surface area contributed by atoms with Crippen molar-refractivity contribution in [2.75, 3.05) is 5.32 Å². The number of anilines is 1. The first kappa shape index (κ1) is 14.3. The van der Waals surface area contributed by atoms with Crippen LogP contribution in [0, 0.1) is 10.1 Å². The summed E-state index contributed by atoms with van der Waals surface area (Å²) in [5.74, 6) is 0. The second kappa shape index (κ2) is 5.90. The van der Waals surface area contributed by atoms with Gasteiger partial charge in [0.25, 0.3) is 5.69 Å². The Labute approximate surface area is 127 Å². The Morgan fingerprint density at radius 2 is 2.21 bits per heavy atom. The van der Waals surface area contributed by atoms with E-state index in [2.05, 4.69) is 21.2 Å². The average Bonchev–Trinajstić information content (AvgIpc) is 2.77. The maximum atomic E-state index is 11.0. The summed E-state index contributed by atoms with van der Waals surface area (Å²) in [7, 11) is 0. The average molecular weight is 362 g/mol. The van der Waals surface area contributed by atoms with Crippen LogP contribution in [0.5, 0.6) is 0 Å². The molecule has 1 atom stereocenters. The Hall–Kier alpha value is -1.11. The summed E-state index contributed by atoms with van der Waals surface area (Å²) in [5, 5.41) is 16.5. The van der Waals surface area contributed by atoms with Gasteiger partial charge in [0.05, 0.1) is 11.0 Å². The first-order chi connectivity index (χ1) is 8.99. The molecule has 7 heteroatoms. The van der Waals surface area contributed by atoms with Crippen molar-refractivity contribution in [3.8, 4) is 0 Å². The Kier molecular flexibility index (Phi) is 4.44. The fourth-order valence-corrected chi connectivity index (χ4v) is 3.58. The lowest BCUT2D eigenvalue weighted by atomic mass is 10.2. The van der Waals surface area contributed by atoms with Crippen LogP contribution in [0.2, 0.25) is 5.02 Å². The highest BCUT2D eigenvalue weighted by Crippen LogP contribution is 2.34. The minimum absolute atomic E-state index is 0.0213. The molecule has 0 aliphatic heterocycles. The minimum Gasteiger partial charge on any atom is -0.372 e. The topological polar surface area (TPSA) is 55.2 Å². The highest BCUT2D eigenvalue weighted by Gasteiger charge is 2.18. The number of nitrogens with zero attached hydrogens (tertiary/aromatic N) is 1. The number of hydrogen-bond acceptors (Lipinski definition) is 4. The summed E-state index contributed by atoms with van der Waals surface area (Å²) in [6.45, 7) is 1.95. The Morgan fingerprint density at radius 3 is 2.79 bits per heavy atom. The summed E-state index contributed by atoms with van der Waals surface area (Å²) in [5.41, 5.74) is 0.439. The van der Waals surface area contributed by atoms with Gasteiger partial charge < -0.3 is 5.32 Å². The van der Waals surface area contributed by atoms with Crippen LogP contribution in [0.15, 0.2) is 34.1 Å². The van der Waals surface area contributed by atoms with Crippen molar-refractivity contribution in [1.82, 2.24) is 0 Å². The van der Waals surface area contributed by atoms with Crippen LogP contribution >= 0.6 is 38.9 Å². The number of rotatable bonds is 4. The molecular formula is C12H10BrClN2O2S. The van der Waals surface area contributed by atoms with Crippen LogP contribution in [0.1, 0.15) is 17.8 Å². The molecule has 1 aromatic heterocycles. The molecule has 1 unspecified atom stereocenters. The van der Waals surface area contributed by atoms with Crippen molar-refractivity contribution in [2.24, 2.45) is 0 Å². The summed E-state index contributed by atoms with van der Waals surface area (Å²) in [4.78, 5) is 11.7. The van der Waals surface area contributed by atoms with Crippen molar-refractivity contribution in [3.63, 3.8) is 0 Å². The van der Waals surface area contributed by atoms with Gasteiger partial charge in [-0.05, 0) is 46.4 Å². The Morgan fingerprint density at radius 1 is 1.47 bits per heavy atom. The van der Waals surface area contributed by atoms with E-state index in [-0.39, 0.29) is 11.7 Å². The number of nitrogens with one attached hydrogen (secondary N) is 1. The molecule has 4 nitrogen and oxygen atoms in total. The Bertz CT molecular complexity index is 618. The van der Waals surface area contributed by atoms with Crippen molar-refractivity contribution in [3.05, 3.63) is 54.1 Å². The third-order valence-electron chi connectivity index (χ3n) is 2.57. The van der Waals surface area contributed by atoms with Crippen LogP contribution in [0.3, 0.4) is 0 Å². The van der Waals surface area contributed by atoms with Gasteiger partial charge in [-0.15, -0.1) is 11.3 Å². The van der Waals surface area contributed by atoms with E-state index in [1.807, 2.05) is 18.4 Å². The van der Waals surface area contributed by atoms with Gasteiger partial charge in [0.15, 0.2) is 0 Å². The van der Waals surface area contributed by atoms with Gasteiger partial charge in [0.1, 0.15) is 5.69 Å². The van der Waals surface area contributed by atoms with Crippen molar-refractivity contribution < 1.29 is 4.92 Å². The second-order valence-electron chi connectivity index (χ2n) is 3.92. The zero-order valence-corrected chi connectivity index (χ0v) is 13.1. The largest absolute Gasteiger partial charge is 0.372 e. The lowest BCUT2D eigenvalue weighted by Crippen LogP contribution is -2.07. The molecule has 1 aromatic carbocycles. The standard InChI is InChI=1S/C12H10BrClN2O2S/c1-7(12-9(13)4-5-19-12)15-10-3-2-8(14)6-11(10)16(17)18/h2-7,15H,1H3. The maximum Gasteiger partial charge on any atom is 0.293 e. The first-order valence-corrected chi connectivity index (χ1v) is 7.47. The molecule has 2 aromatic rings. The molecule has 0 radical (unpaired) electrons. The molecule has 0 amide bonds.